The topological polar surface area (TPSA) is 175 Å². The van der Waals surface area contributed by atoms with Crippen molar-refractivity contribution in [3.8, 4) is 0 Å². The van der Waals surface area contributed by atoms with E-state index in [-0.39, 0.29) is 4.68 Å². The molecule has 0 amide bonds. The predicted octanol–water partition coefficient (Wildman–Crippen LogP) is -4.61. The molecule has 0 spiro atoms. The van der Waals surface area contributed by atoms with Gasteiger partial charge in [0.25, 0.3) is 5.56 Å². The summed E-state index contributed by atoms with van der Waals surface area (Å²) in [6.07, 6.45) is -5.40. The number of nitrogens with one attached hydrogen (secondary N) is 1. The number of nitrogen functional groups attached to an aromatic ring is 1. The molecule has 96 valence electrons. The van der Waals surface area contributed by atoms with Gasteiger partial charge in [-0.3, -0.25) is 4.79 Å². The van der Waals surface area contributed by atoms with Crippen LogP contribution in [0.5, 0.6) is 0 Å². The minimum Gasteiger partial charge on any atom is -0.394 e. The lowest BCUT2D eigenvalue weighted by Gasteiger charge is -2.20. The average Bonchev–Trinajstić information content (AvgIpc) is 2.33. The van der Waals surface area contributed by atoms with Crippen molar-refractivity contribution in [2.24, 2.45) is 0 Å². The van der Waals surface area contributed by atoms with E-state index >= 15 is 0 Å². The Morgan fingerprint density at radius 3 is 2.47 bits per heavy atom. The third kappa shape index (κ3) is 2.50. The Hall–Kier alpha value is -1.75. The van der Waals surface area contributed by atoms with E-state index in [0.29, 0.717) is 0 Å². The molecular weight excluding hydrogens is 236 g/mol. The molecule has 0 unspecified atom stereocenters. The summed E-state index contributed by atoms with van der Waals surface area (Å²) in [6, 6.07) is 0. The molecule has 0 aliphatic carbocycles. The summed E-state index contributed by atoms with van der Waals surface area (Å²) in [5, 5.41) is 41.5. The highest BCUT2D eigenvalue weighted by Gasteiger charge is 2.29. The molecule has 1 aromatic heterocycles. The van der Waals surface area contributed by atoms with Gasteiger partial charge in [0.1, 0.15) is 18.3 Å². The molecule has 0 aromatic carbocycles. The van der Waals surface area contributed by atoms with Crippen LogP contribution in [0.15, 0.2) is 9.59 Å². The van der Waals surface area contributed by atoms with E-state index in [4.69, 9.17) is 16.1 Å². The Kier molecular flexibility index (Phi) is 3.96. The number of aromatic amines is 1. The quantitative estimate of drug-likeness (QED) is 0.288. The summed E-state index contributed by atoms with van der Waals surface area (Å²) in [5.74, 6) is 5.05. The van der Waals surface area contributed by atoms with Crippen LogP contribution in [0.4, 0.5) is 0 Å². The van der Waals surface area contributed by atoms with E-state index in [0.717, 1.165) is 0 Å². The maximum atomic E-state index is 11.4. The first-order chi connectivity index (χ1) is 7.90. The average molecular weight is 248 g/mol. The van der Waals surface area contributed by atoms with Gasteiger partial charge in [-0.25, -0.2) is 9.89 Å². The number of hydrogen-bond acceptors (Lipinski definition) is 8. The molecule has 10 heteroatoms. The van der Waals surface area contributed by atoms with Gasteiger partial charge < -0.3 is 26.3 Å². The van der Waals surface area contributed by atoms with E-state index in [1.807, 2.05) is 5.10 Å². The van der Waals surface area contributed by atoms with Gasteiger partial charge in [0.2, 0.25) is 0 Å². The molecule has 3 atom stereocenters. The fourth-order valence-corrected chi connectivity index (χ4v) is 1.10. The molecule has 1 rings (SSSR count). The number of nitrogens with two attached hydrogens (primary N) is 1. The van der Waals surface area contributed by atoms with Crippen molar-refractivity contribution in [2.75, 3.05) is 12.4 Å². The zero-order valence-electron chi connectivity index (χ0n) is 8.52. The van der Waals surface area contributed by atoms with Gasteiger partial charge in [-0.1, -0.05) is 0 Å². The van der Waals surface area contributed by atoms with Gasteiger partial charge in [0.15, 0.2) is 5.69 Å². The van der Waals surface area contributed by atoms with Crippen molar-refractivity contribution in [3.05, 3.63) is 26.5 Å². The fourth-order valence-electron chi connectivity index (χ4n) is 1.10. The summed E-state index contributed by atoms with van der Waals surface area (Å²) >= 11 is 0. The van der Waals surface area contributed by atoms with Crippen LogP contribution in [-0.2, 0) is 0 Å². The van der Waals surface area contributed by atoms with Gasteiger partial charge in [0.05, 0.1) is 6.61 Å². The lowest BCUT2D eigenvalue weighted by Crippen LogP contribution is -2.46. The van der Waals surface area contributed by atoms with E-state index < -0.39 is 41.9 Å². The zero-order valence-corrected chi connectivity index (χ0v) is 8.52. The third-order valence-electron chi connectivity index (χ3n) is 2.11. The Balaban J connectivity index is 3.14. The Labute approximate surface area is 93.5 Å². The van der Waals surface area contributed by atoms with Crippen LogP contribution in [0.2, 0.25) is 0 Å². The molecule has 0 aliphatic heterocycles. The standard InChI is InChI=1S/C7H12N4O6/c8-11-6(16)3(9-10-7(11)17)5(15)4(14)2(13)1-12/h2,4-5,12-15H,1,8H2,(H,10,17)/t2-,4-,5+/m1/s1. The summed E-state index contributed by atoms with van der Waals surface area (Å²) in [6.45, 7) is -0.821. The van der Waals surface area contributed by atoms with E-state index in [1.54, 1.807) is 0 Å². The molecule has 0 bridgehead atoms. The summed E-state index contributed by atoms with van der Waals surface area (Å²) in [4.78, 5) is 22.2. The molecule has 0 saturated carbocycles. The minimum absolute atomic E-state index is 0.156. The number of aromatic nitrogens is 3. The van der Waals surface area contributed by atoms with Crippen LogP contribution in [-0.4, -0.2) is 54.1 Å². The SMILES string of the molecule is Nn1c(=O)[nH]nc([C@H](O)[C@H](O)[C@H](O)CO)c1=O. The highest BCUT2D eigenvalue weighted by molar-refractivity contribution is 5.02. The largest absolute Gasteiger partial charge is 0.394 e. The van der Waals surface area contributed by atoms with Gasteiger partial charge in [-0.15, -0.1) is 0 Å². The van der Waals surface area contributed by atoms with E-state index in [2.05, 4.69) is 5.10 Å². The molecule has 1 aromatic rings. The molecule has 0 aliphatic rings. The summed E-state index contributed by atoms with van der Waals surface area (Å²) in [7, 11) is 0. The van der Waals surface area contributed by atoms with Gasteiger partial charge in [-0.05, 0) is 0 Å². The first-order valence-electron chi connectivity index (χ1n) is 4.52. The highest BCUT2D eigenvalue weighted by atomic mass is 16.4. The van der Waals surface area contributed by atoms with Crippen molar-refractivity contribution in [2.45, 2.75) is 18.3 Å². The second-order valence-electron chi connectivity index (χ2n) is 3.27. The van der Waals surface area contributed by atoms with Gasteiger partial charge in [0, 0.05) is 0 Å². The van der Waals surface area contributed by atoms with Crippen molar-refractivity contribution in [3.63, 3.8) is 0 Å². The zero-order chi connectivity index (χ0) is 13.2. The molecule has 10 nitrogen and oxygen atoms in total. The number of nitrogens with zero attached hydrogens (tertiary/aromatic N) is 2. The molecule has 7 N–H and O–H groups in total. The normalized spacial score (nSPS) is 16.5. The number of aliphatic hydroxyl groups excluding tert-OH is 4. The maximum Gasteiger partial charge on any atom is 0.363 e. The second-order valence-corrected chi connectivity index (χ2v) is 3.27. The Morgan fingerprint density at radius 2 is 1.94 bits per heavy atom. The van der Waals surface area contributed by atoms with Crippen LogP contribution in [0.25, 0.3) is 0 Å². The van der Waals surface area contributed by atoms with Crippen molar-refractivity contribution < 1.29 is 20.4 Å². The molecule has 17 heavy (non-hydrogen) atoms. The second kappa shape index (κ2) is 5.05. The molecule has 0 fully saturated rings. The van der Waals surface area contributed by atoms with Crippen molar-refractivity contribution in [1.29, 1.82) is 0 Å². The Bertz CT molecular complexity index is 496. The minimum atomic E-state index is -1.89. The van der Waals surface area contributed by atoms with Crippen LogP contribution in [0.3, 0.4) is 0 Å². The third-order valence-corrected chi connectivity index (χ3v) is 2.11. The lowest BCUT2D eigenvalue weighted by molar-refractivity contribution is -0.0797. The van der Waals surface area contributed by atoms with E-state index in [9.17, 15) is 19.8 Å². The summed E-state index contributed by atoms with van der Waals surface area (Å²) in [5.41, 5.74) is -2.76. The summed E-state index contributed by atoms with van der Waals surface area (Å²) < 4.78 is 0.156. The molecular formula is C7H12N4O6. The van der Waals surface area contributed by atoms with Crippen molar-refractivity contribution in [1.82, 2.24) is 14.9 Å². The van der Waals surface area contributed by atoms with Crippen LogP contribution >= 0.6 is 0 Å². The lowest BCUT2D eigenvalue weighted by atomic mass is 10.1. The maximum absolute atomic E-state index is 11.4. The van der Waals surface area contributed by atoms with E-state index in [1.165, 1.54) is 0 Å². The van der Waals surface area contributed by atoms with Crippen LogP contribution < -0.4 is 17.1 Å². The Morgan fingerprint density at radius 1 is 1.35 bits per heavy atom. The predicted molar refractivity (Wildman–Crippen MR) is 53.3 cm³/mol. The first kappa shape index (κ1) is 13.3. The van der Waals surface area contributed by atoms with Gasteiger partial charge in [-0.2, -0.15) is 9.77 Å². The monoisotopic (exact) mass is 248 g/mol. The number of aliphatic hydroxyl groups is 4. The molecule has 1 heterocycles. The first-order valence-corrected chi connectivity index (χ1v) is 4.52. The number of H-pyrrole nitrogens is 1. The van der Waals surface area contributed by atoms with Crippen LogP contribution in [0.1, 0.15) is 11.8 Å². The molecule has 0 radical (unpaired) electrons. The fraction of sp³-hybridized carbons (Fsp3) is 0.571. The van der Waals surface area contributed by atoms with Gasteiger partial charge >= 0.3 is 5.69 Å². The van der Waals surface area contributed by atoms with Crippen molar-refractivity contribution >= 4 is 0 Å². The smallest absolute Gasteiger partial charge is 0.363 e. The van der Waals surface area contributed by atoms with Crippen LogP contribution in [0, 0.1) is 0 Å². The number of hydrogen-bond donors (Lipinski definition) is 6. The highest BCUT2D eigenvalue weighted by Crippen LogP contribution is 2.12. The number of rotatable bonds is 4. The molecule has 0 saturated heterocycles.